The first-order valence-electron chi connectivity index (χ1n) is 4.33. The van der Waals surface area contributed by atoms with Crippen molar-refractivity contribution < 1.29 is 36.0 Å². The Kier molecular flexibility index (Phi) is 15.1. The van der Waals surface area contributed by atoms with Crippen LogP contribution in [0.5, 0.6) is 0 Å². The maximum atomic E-state index is 10.1. The van der Waals surface area contributed by atoms with Gasteiger partial charge in [-0.3, -0.25) is 0 Å². The number of hydrogen-bond acceptors (Lipinski definition) is 4. The molecular formula is C10H16FeN2O4P2+2. The maximum Gasteiger partial charge on any atom is 2.00 e. The average Bonchev–Trinajstić information content (AvgIpc) is 2.93. The Bertz CT molecular complexity index is 416. The maximum absolute atomic E-state index is 10.1. The van der Waals surface area contributed by atoms with E-state index in [4.69, 9.17) is 0 Å². The van der Waals surface area contributed by atoms with Crippen molar-refractivity contribution in [1.29, 1.82) is 0 Å². The summed E-state index contributed by atoms with van der Waals surface area (Å²) < 4.78 is 20.2. The molecule has 2 atom stereocenters. The molecule has 2 unspecified atom stereocenters. The average molecular weight is 346 g/mol. The molecule has 0 saturated carbocycles. The van der Waals surface area contributed by atoms with E-state index in [-0.39, 0.29) is 29.4 Å². The van der Waals surface area contributed by atoms with Crippen LogP contribution >= 0.6 is 16.1 Å². The Morgan fingerprint density at radius 3 is 1.00 bits per heavy atom. The van der Waals surface area contributed by atoms with Gasteiger partial charge in [-0.05, 0) is 0 Å². The molecule has 0 amide bonds. The van der Waals surface area contributed by atoms with Gasteiger partial charge in [-0.2, -0.15) is 0 Å². The molecule has 19 heavy (non-hydrogen) atoms. The molecule has 8 N–H and O–H groups in total. The van der Waals surface area contributed by atoms with Gasteiger partial charge in [-0.1, -0.05) is 9.13 Å². The van der Waals surface area contributed by atoms with E-state index in [0.29, 0.717) is 10.6 Å². The van der Waals surface area contributed by atoms with Gasteiger partial charge in [-0.15, -0.1) is 24.3 Å². The molecule has 106 valence electrons. The summed E-state index contributed by atoms with van der Waals surface area (Å²) in [5.41, 5.74) is 0. The smallest absolute Gasteiger partial charge is 0.601 e. The first kappa shape index (κ1) is 23.4. The van der Waals surface area contributed by atoms with Gasteiger partial charge in [0, 0.05) is 0 Å². The summed E-state index contributed by atoms with van der Waals surface area (Å²) in [5, 5.41) is 0.778. The van der Waals surface area contributed by atoms with E-state index in [2.05, 4.69) is 0 Å². The molecule has 0 saturated heterocycles. The van der Waals surface area contributed by atoms with Crippen LogP contribution in [0.1, 0.15) is 0 Å². The largest absolute Gasteiger partial charge is 2.00 e. The molecule has 2 aromatic carbocycles. The summed E-state index contributed by atoms with van der Waals surface area (Å²) in [6.45, 7) is 0. The second kappa shape index (κ2) is 12.3. The normalized spacial score (nSPS) is 9.58. The fourth-order valence-corrected chi connectivity index (χ4v) is 1.80. The molecule has 6 nitrogen and oxygen atoms in total. The molecule has 0 bridgehead atoms. The van der Waals surface area contributed by atoms with Crippen LogP contribution in [0.15, 0.2) is 48.5 Å². The van der Waals surface area contributed by atoms with Crippen LogP contribution in [0.3, 0.4) is 0 Å². The van der Waals surface area contributed by atoms with Crippen molar-refractivity contribution in [2.75, 3.05) is 0 Å². The van der Waals surface area contributed by atoms with E-state index in [1.54, 1.807) is 48.5 Å². The molecule has 0 heterocycles. The van der Waals surface area contributed by atoms with Crippen LogP contribution in [-0.2, 0) is 26.2 Å². The van der Waals surface area contributed by atoms with Gasteiger partial charge in [0.05, 0.1) is 10.6 Å². The van der Waals surface area contributed by atoms with Crippen molar-refractivity contribution in [2.24, 2.45) is 0 Å². The van der Waals surface area contributed by atoms with Gasteiger partial charge in [0.1, 0.15) is 0 Å². The SMILES string of the molecule is O=[P+]([O-])[c-]1cccc1.O=[P+]([O-])[c-]1cccc1.[Fe+2].[NH4+].[NH4+]. The summed E-state index contributed by atoms with van der Waals surface area (Å²) in [7, 11) is -4.72. The van der Waals surface area contributed by atoms with Gasteiger partial charge >= 0.3 is 17.1 Å². The molecular weight excluding hydrogens is 330 g/mol. The summed E-state index contributed by atoms with van der Waals surface area (Å²) in [6, 6.07) is 13.0. The molecule has 9 heteroatoms. The first-order valence-corrected chi connectivity index (χ1v) is 6.69. The van der Waals surface area contributed by atoms with E-state index in [0.717, 1.165) is 0 Å². The fraction of sp³-hybridized carbons (Fsp3) is 0. The molecule has 0 radical (unpaired) electrons. The Morgan fingerprint density at radius 1 is 0.684 bits per heavy atom. The van der Waals surface area contributed by atoms with Crippen LogP contribution in [0.2, 0.25) is 0 Å². The quantitative estimate of drug-likeness (QED) is 0.473. The Balaban J connectivity index is -0.000000233. The molecule has 2 rings (SSSR count). The van der Waals surface area contributed by atoms with Crippen molar-refractivity contribution in [2.45, 2.75) is 0 Å². The Hall–Kier alpha value is -0.741. The topological polar surface area (TPSA) is 153 Å². The molecule has 0 aliphatic rings. The summed E-state index contributed by atoms with van der Waals surface area (Å²) in [5.74, 6) is 0. The Labute approximate surface area is 124 Å². The third-order valence-corrected chi connectivity index (χ3v) is 3.15. The second-order valence-corrected chi connectivity index (χ2v) is 4.86. The minimum atomic E-state index is -2.36. The molecule has 0 aromatic heterocycles. The van der Waals surface area contributed by atoms with Crippen molar-refractivity contribution in [3.05, 3.63) is 48.5 Å². The molecule has 0 fully saturated rings. The zero-order valence-electron chi connectivity index (χ0n) is 10.5. The third-order valence-electron chi connectivity index (χ3n) is 1.71. The molecule has 0 aliphatic carbocycles. The summed E-state index contributed by atoms with van der Waals surface area (Å²) in [6.07, 6.45) is 0. The van der Waals surface area contributed by atoms with Crippen molar-refractivity contribution in [1.82, 2.24) is 12.3 Å². The van der Waals surface area contributed by atoms with E-state index < -0.39 is 16.1 Å². The molecule has 2 aromatic rings. The molecule has 0 spiro atoms. The van der Waals surface area contributed by atoms with Crippen LogP contribution in [0.25, 0.3) is 0 Å². The monoisotopic (exact) mass is 346 g/mol. The van der Waals surface area contributed by atoms with Crippen LogP contribution in [-0.4, -0.2) is 0 Å². The van der Waals surface area contributed by atoms with Gasteiger partial charge in [0.15, 0.2) is 0 Å². The zero-order chi connectivity index (χ0) is 12.0. The Morgan fingerprint density at radius 2 is 0.895 bits per heavy atom. The van der Waals surface area contributed by atoms with Gasteiger partial charge in [0.2, 0.25) is 0 Å². The predicted octanol–water partition coefficient (Wildman–Crippen LogP) is 1.02. The van der Waals surface area contributed by atoms with E-state index in [9.17, 15) is 18.9 Å². The van der Waals surface area contributed by atoms with Gasteiger partial charge in [0.25, 0.3) is 16.1 Å². The van der Waals surface area contributed by atoms with Crippen molar-refractivity contribution >= 4 is 26.7 Å². The van der Waals surface area contributed by atoms with Gasteiger partial charge < -0.3 is 22.1 Å². The number of quaternary nitrogens is 2. The standard InChI is InChI=1S/2C5H4O2P.Fe.2H3N/c2*6-8(7)5-3-1-2-4-5;;;/h2*1-4H;;2*1H3/q2*-1;+2;;/p+2. The number of hydrogen-bond donors (Lipinski definition) is 2. The fourth-order valence-electron chi connectivity index (χ4n) is 0.971. The summed E-state index contributed by atoms with van der Waals surface area (Å²) >= 11 is 0. The first-order chi connectivity index (χ1) is 7.61. The van der Waals surface area contributed by atoms with Crippen LogP contribution < -0.4 is 32.7 Å². The van der Waals surface area contributed by atoms with E-state index in [1.807, 2.05) is 0 Å². The second-order valence-electron chi connectivity index (χ2n) is 2.80. The summed E-state index contributed by atoms with van der Waals surface area (Å²) in [4.78, 5) is 20.2. The zero-order valence-corrected chi connectivity index (χ0v) is 13.4. The van der Waals surface area contributed by atoms with Crippen molar-refractivity contribution in [3.63, 3.8) is 0 Å². The van der Waals surface area contributed by atoms with Crippen LogP contribution in [0, 0.1) is 0 Å². The predicted molar refractivity (Wildman–Crippen MR) is 70.5 cm³/mol. The number of rotatable bonds is 2. The van der Waals surface area contributed by atoms with Crippen molar-refractivity contribution in [3.8, 4) is 0 Å². The minimum absolute atomic E-state index is 0. The third kappa shape index (κ3) is 8.89. The van der Waals surface area contributed by atoms with E-state index >= 15 is 0 Å². The van der Waals surface area contributed by atoms with E-state index in [1.165, 1.54) is 0 Å². The van der Waals surface area contributed by atoms with Crippen LogP contribution in [0.4, 0.5) is 0 Å². The van der Waals surface area contributed by atoms with Gasteiger partial charge in [-0.25, -0.2) is 24.3 Å². The molecule has 0 aliphatic heterocycles. The minimum Gasteiger partial charge on any atom is -0.601 e.